The van der Waals surface area contributed by atoms with E-state index in [1.54, 1.807) is 13.0 Å². The van der Waals surface area contributed by atoms with Gasteiger partial charge in [0.15, 0.2) is 16.6 Å². The van der Waals surface area contributed by atoms with Crippen LogP contribution in [0.25, 0.3) is 0 Å². The van der Waals surface area contributed by atoms with Crippen molar-refractivity contribution in [2.24, 2.45) is 0 Å². The Labute approximate surface area is 157 Å². The number of nitrogens with zero attached hydrogens (tertiary/aromatic N) is 1. The number of hydrogen-bond donors (Lipinski definition) is 1. The average Bonchev–Trinajstić information content (AvgIpc) is 3.14. The van der Waals surface area contributed by atoms with Crippen LogP contribution in [0.5, 0.6) is 11.5 Å². The molecule has 4 rings (SSSR count). The summed E-state index contributed by atoms with van der Waals surface area (Å²) < 4.78 is 25.1. The highest BCUT2D eigenvalue weighted by molar-refractivity contribution is 7.80. The molecule has 136 valence electrons. The number of nitrogens with one attached hydrogen (secondary N) is 1. The van der Waals surface area contributed by atoms with Gasteiger partial charge in [0, 0.05) is 12.2 Å². The van der Waals surface area contributed by atoms with Gasteiger partial charge in [-0.05, 0) is 67.4 Å². The monoisotopic (exact) mass is 372 g/mol. The van der Waals surface area contributed by atoms with Gasteiger partial charge in [-0.15, -0.1) is 0 Å². The van der Waals surface area contributed by atoms with E-state index in [-0.39, 0.29) is 11.9 Å². The number of anilines is 1. The van der Waals surface area contributed by atoms with Crippen molar-refractivity contribution in [3.05, 3.63) is 53.3 Å². The Morgan fingerprint density at radius 2 is 1.96 bits per heavy atom. The summed E-state index contributed by atoms with van der Waals surface area (Å²) in [7, 11) is 0. The van der Waals surface area contributed by atoms with Gasteiger partial charge in [-0.1, -0.05) is 12.1 Å². The van der Waals surface area contributed by atoms with Crippen molar-refractivity contribution in [3.63, 3.8) is 0 Å². The van der Waals surface area contributed by atoms with Crippen LogP contribution in [0.3, 0.4) is 0 Å². The van der Waals surface area contributed by atoms with Gasteiger partial charge in [0.2, 0.25) is 0 Å². The second-order valence-corrected chi connectivity index (χ2v) is 7.04. The van der Waals surface area contributed by atoms with Gasteiger partial charge in [0.1, 0.15) is 19.0 Å². The van der Waals surface area contributed by atoms with E-state index in [1.165, 1.54) is 6.07 Å². The summed E-state index contributed by atoms with van der Waals surface area (Å²) >= 11 is 5.61. The highest BCUT2D eigenvalue weighted by Gasteiger charge is 2.29. The maximum absolute atomic E-state index is 13.8. The molecule has 0 saturated carbocycles. The fourth-order valence-electron chi connectivity index (χ4n) is 3.49. The zero-order chi connectivity index (χ0) is 18.1. The maximum atomic E-state index is 13.8. The van der Waals surface area contributed by atoms with Crippen LogP contribution in [-0.4, -0.2) is 29.8 Å². The fourth-order valence-corrected chi connectivity index (χ4v) is 3.83. The first-order valence-corrected chi connectivity index (χ1v) is 9.26. The van der Waals surface area contributed by atoms with Crippen LogP contribution in [0.1, 0.15) is 30.0 Å². The molecule has 1 atom stereocenters. The molecule has 0 aliphatic carbocycles. The SMILES string of the molecule is Cc1ccc(NC(=S)N2CCC[C@@H]2c2ccc3c(c2)OCCO3)cc1F. The van der Waals surface area contributed by atoms with Gasteiger partial charge in [0.05, 0.1) is 6.04 Å². The first-order valence-electron chi connectivity index (χ1n) is 8.85. The minimum atomic E-state index is -0.234. The third kappa shape index (κ3) is 3.33. The molecule has 2 heterocycles. The van der Waals surface area contributed by atoms with Crippen molar-refractivity contribution >= 4 is 23.0 Å². The van der Waals surface area contributed by atoms with Gasteiger partial charge >= 0.3 is 0 Å². The summed E-state index contributed by atoms with van der Waals surface area (Å²) in [6.45, 7) is 3.78. The number of rotatable bonds is 2. The van der Waals surface area contributed by atoms with Crippen molar-refractivity contribution in [3.8, 4) is 11.5 Å². The Kier molecular flexibility index (Phi) is 4.68. The lowest BCUT2D eigenvalue weighted by molar-refractivity contribution is 0.171. The minimum absolute atomic E-state index is 0.182. The first-order chi connectivity index (χ1) is 12.6. The van der Waals surface area contributed by atoms with Crippen molar-refractivity contribution in [2.45, 2.75) is 25.8 Å². The van der Waals surface area contributed by atoms with Crippen molar-refractivity contribution in [2.75, 3.05) is 25.1 Å². The largest absolute Gasteiger partial charge is 0.486 e. The van der Waals surface area contributed by atoms with Crippen LogP contribution in [0, 0.1) is 12.7 Å². The van der Waals surface area contributed by atoms with E-state index in [1.807, 2.05) is 18.2 Å². The number of ether oxygens (including phenoxy) is 2. The third-order valence-corrected chi connectivity index (χ3v) is 5.22. The first kappa shape index (κ1) is 17.1. The number of likely N-dealkylation sites (tertiary alicyclic amines) is 1. The van der Waals surface area contributed by atoms with Gasteiger partial charge in [0.25, 0.3) is 0 Å². The lowest BCUT2D eigenvalue weighted by atomic mass is 10.0. The van der Waals surface area contributed by atoms with E-state index < -0.39 is 0 Å². The second-order valence-electron chi connectivity index (χ2n) is 6.65. The number of thiocarbonyl (C=S) groups is 1. The number of fused-ring (bicyclic) bond motifs is 1. The topological polar surface area (TPSA) is 33.7 Å². The molecule has 2 aliphatic rings. The molecule has 2 aromatic rings. The van der Waals surface area contributed by atoms with Crippen LogP contribution >= 0.6 is 12.2 Å². The molecule has 1 N–H and O–H groups in total. The average molecular weight is 372 g/mol. The molecular weight excluding hydrogens is 351 g/mol. The third-order valence-electron chi connectivity index (χ3n) is 4.89. The maximum Gasteiger partial charge on any atom is 0.173 e. The van der Waals surface area contributed by atoms with Crippen molar-refractivity contribution < 1.29 is 13.9 Å². The van der Waals surface area contributed by atoms with E-state index in [0.29, 0.717) is 29.6 Å². The number of aryl methyl sites for hydroxylation is 1. The summed E-state index contributed by atoms with van der Waals surface area (Å²) in [5.41, 5.74) is 2.45. The van der Waals surface area contributed by atoms with Crippen LogP contribution < -0.4 is 14.8 Å². The highest BCUT2D eigenvalue weighted by Crippen LogP contribution is 2.38. The van der Waals surface area contributed by atoms with Crippen LogP contribution in [0.4, 0.5) is 10.1 Å². The van der Waals surface area contributed by atoms with E-state index in [2.05, 4.69) is 16.3 Å². The Morgan fingerprint density at radius 1 is 1.15 bits per heavy atom. The van der Waals surface area contributed by atoms with Crippen LogP contribution in [0.15, 0.2) is 36.4 Å². The number of benzene rings is 2. The molecule has 0 aromatic heterocycles. The standard InChI is InChI=1S/C20H21FN2O2S/c1-13-4-6-15(12-16(13)21)22-20(26)23-8-2-3-17(23)14-5-7-18-19(11-14)25-10-9-24-18/h4-7,11-12,17H,2-3,8-10H2,1H3,(H,22,26)/t17-/m1/s1. The highest BCUT2D eigenvalue weighted by atomic mass is 32.1. The van der Waals surface area contributed by atoms with Crippen molar-refractivity contribution in [1.82, 2.24) is 4.90 Å². The minimum Gasteiger partial charge on any atom is -0.486 e. The molecule has 0 bridgehead atoms. The molecule has 0 radical (unpaired) electrons. The number of halogens is 1. The van der Waals surface area contributed by atoms with E-state index in [4.69, 9.17) is 21.7 Å². The van der Waals surface area contributed by atoms with Crippen LogP contribution in [0.2, 0.25) is 0 Å². The molecule has 1 fully saturated rings. The van der Waals surface area contributed by atoms with Crippen LogP contribution in [-0.2, 0) is 0 Å². The predicted octanol–water partition coefficient (Wildman–Crippen LogP) is 4.44. The zero-order valence-corrected chi connectivity index (χ0v) is 15.4. The fraction of sp³-hybridized carbons (Fsp3) is 0.350. The Hall–Kier alpha value is -2.34. The van der Waals surface area contributed by atoms with Gasteiger partial charge in [-0.3, -0.25) is 0 Å². The molecule has 2 aromatic carbocycles. The Bertz CT molecular complexity index is 843. The molecule has 0 amide bonds. The molecule has 4 nitrogen and oxygen atoms in total. The zero-order valence-electron chi connectivity index (χ0n) is 14.6. The molecule has 6 heteroatoms. The lowest BCUT2D eigenvalue weighted by Gasteiger charge is -2.29. The van der Waals surface area contributed by atoms with E-state index in [0.717, 1.165) is 36.4 Å². The Balaban J connectivity index is 1.52. The van der Waals surface area contributed by atoms with Gasteiger partial charge in [-0.2, -0.15) is 0 Å². The molecule has 0 spiro atoms. The summed E-state index contributed by atoms with van der Waals surface area (Å²) in [6.07, 6.45) is 2.08. The molecule has 0 unspecified atom stereocenters. The lowest BCUT2D eigenvalue weighted by Crippen LogP contribution is -2.34. The molecule has 2 aliphatic heterocycles. The summed E-state index contributed by atoms with van der Waals surface area (Å²) in [4.78, 5) is 2.17. The molecule has 1 saturated heterocycles. The van der Waals surface area contributed by atoms with E-state index >= 15 is 0 Å². The number of hydrogen-bond acceptors (Lipinski definition) is 3. The predicted molar refractivity (Wildman–Crippen MR) is 103 cm³/mol. The Morgan fingerprint density at radius 3 is 2.77 bits per heavy atom. The summed E-state index contributed by atoms with van der Waals surface area (Å²) in [5.74, 6) is 1.35. The summed E-state index contributed by atoms with van der Waals surface area (Å²) in [5, 5.41) is 3.79. The molecular formula is C20H21FN2O2S. The van der Waals surface area contributed by atoms with Gasteiger partial charge in [-0.25, -0.2) is 4.39 Å². The smallest absolute Gasteiger partial charge is 0.173 e. The quantitative estimate of drug-likeness (QED) is 0.789. The normalized spacial score (nSPS) is 18.7. The van der Waals surface area contributed by atoms with Gasteiger partial charge < -0.3 is 19.7 Å². The summed E-state index contributed by atoms with van der Waals surface area (Å²) in [6, 6.07) is 11.3. The second kappa shape index (κ2) is 7.11. The van der Waals surface area contributed by atoms with Crippen molar-refractivity contribution in [1.29, 1.82) is 0 Å². The molecule has 26 heavy (non-hydrogen) atoms. The van der Waals surface area contributed by atoms with E-state index in [9.17, 15) is 4.39 Å².